The van der Waals surface area contributed by atoms with Gasteiger partial charge in [-0.3, -0.25) is 9.48 Å². The van der Waals surface area contributed by atoms with Gasteiger partial charge in [0.1, 0.15) is 0 Å². The molecule has 4 nitrogen and oxygen atoms in total. The van der Waals surface area contributed by atoms with Gasteiger partial charge in [-0.25, -0.2) is 0 Å². The Morgan fingerprint density at radius 2 is 2.00 bits per heavy atom. The number of hydrogen-bond donors (Lipinski definition) is 1. The number of amides is 1. The number of aromatic nitrogens is 2. The lowest BCUT2D eigenvalue weighted by molar-refractivity contribution is -0.167. The molecule has 0 aliphatic heterocycles. The SMILES string of the molecule is O=C(Nc1ccccc1Cn1cccn1)C(F)(F)F. The lowest BCUT2D eigenvalue weighted by atomic mass is 10.1. The zero-order valence-corrected chi connectivity index (χ0v) is 9.69. The highest BCUT2D eigenvalue weighted by Crippen LogP contribution is 2.21. The molecule has 100 valence electrons. The standard InChI is InChI=1S/C12H10F3N3O/c13-12(14,15)11(19)17-10-5-2-1-4-9(10)8-18-7-3-6-16-18/h1-7H,8H2,(H,17,19). The molecule has 0 bridgehead atoms. The first-order valence-electron chi connectivity index (χ1n) is 5.40. The van der Waals surface area contributed by atoms with E-state index in [4.69, 9.17) is 0 Å². The average molecular weight is 269 g/mol. The van der Waals surface area contributed by atoms with E-state index in [0.29, 0.717) is 5.56 Å². The summed E-state index contributed by atoms with van der Waals surface area (Å²) in [6, 6.07) is 7.99. The molecule has 0 aliphatic carbocycles. The van der Waals surface area contributed by atoms with Crippen LogP contribution in [0.2, 0.25) is 0 Å². The topological polar surface area (TPSA) is 46.9 Å². The maximum atomic E-state index is 12.2. The smallest absolute Gasteiger partial charge is 0.318 e. The number of para-hydroxylation sites is 1. The van der Waals surface area contributed by atoms with Crippen molar-refractivity contribution in [2.24, 2.45) is 0 Å². The van der Waals surface area contributed by atoms with Gasteiger partial charge in [-0.05, 0) is 17.7 Å². The molecule has 1 aromatic carbocycles. The molecule has 1 N–H and O–H groups in total. The van der Waals surface area contributed by atoms with Crippen LogP contribution in [0.25, 0.3) is 0 Å². The number of hydrogen-bond acceptors (Lipinski definition) is 2. The Kier molecular flexibility index (Phi) is 3.55. The van der Waals surface area contributed by atoms with Gasteiger partial charge in [-0.1, -0.05) is 18.2 Å². The van der Waals surface area contributed by atoms with E-state index in [9.17, 15) is 18.0 Å². The summed E-state index contributed by atoms with van der Waals surface area (Å²) >= 11 is 0. The molecule has 0 saturated heterocycles. The van der Waals surface area contributed by atoms with E-state index < -0.39 is 12.1 Å². The van der Waals surface area contributed by atoms with E-state index in [1.165, 1.54) is 6.07 Å². The van der Waals surface area contributed by atoms with Crippen molar-refractivity contribution in [1.82, 2.24) is 9.78 Å². The number of carbonyl (C=O) groups excluding carboxylic acids is 1. The second kappa shape index (κ2) is 5.13. The fourth-order valence-electron chi connectivity index (χ4n) is 1.54. The largest absolute Gasteiger partial charge is 0.471 e. The summed E-state index contributed by atoms with van der Waals surface area (Å²) in [6.45, 7) is 0.279. The number of halogens is 3. The predicted octanol–water partition coefficient (Wildman–Crippen LogP) is 2.43. The summed E-state index contributed by atoms with van der Waals surface area (Å²) in [5, 5.41) is 5.82. The molecule has 0 unspecified atom stereocenters. The minimum Gasteiger partial charge on any atom is -0.318 e. The molecule has 1 aromatic heterocycles. The average Bonchev–Trinajstić information content (AvgIpc) is 2.83. The minimum absolute atomic E-state index is 0.125. The third-order valence-corrected chi connectivity index (χ3v) is 2.41. The third-order valence-electron chi connectivity index (χ3n) is 2.41. The van der Waals surface area contributed by atoms with Gasteiger partial charge >= 0.3 is 12.1 Å². The first-order chi connectivity index (χ1) is 8.97. The van der Waals surface area contributed by atoms with Gasteiger partial charge in [0, 0.05) is 18.1 Å². The fourth-order valence-corrected chi connectivity index (χ4v) is 1.54. The second-order valence-corrected chi connectivity index (χ2v) is 3.81. The molecule has 19 heavy (non-hydrogen) atoms. The van der Waals surface area contributed by atoms with Gasteiger partial charge in [-0.2, -0.15) is 18.3 Å². The van der Waals surface area contributed by atoms with Crippen molar-refractivity contribution in [2.45, 2.75) is 12.7 Å². The van der Waals surface area contributed by atoms with Crippen molar-refractivity contribution in [2.75, 3.05) is 5.32 Å². The summed E-state index contributed by atoms with van der Waals surface area (Å²) in [7, 11) is 0. The number of carbonyl (C=O) groups is 1. The second-order valence-electron chi connectivity index (χ2n) is 3.81. The van der Waals surface area contributed by atoms with Crippen LogP contribution in [-0.4, -0.2) is 21.9 Å². The lowest BCUT2D eigenvalue weighted by Crippen LogP contribution is -2.30. The molecule has 0 fully saturated rings. The monoisotopic (exact) mass is 269 g/mol. The van der Waals surface area contributed by atoms with Crippen molar-refractivity contribution in [3.8, 4) is 0 Å². The van der Waals surface area contributed by atoms with Crippen LogP contribution in [0, 0.1) is 0 Å². The first-order valence-corrected chi connectivity index (χ1v) is 5.40. The molecule has 0 saturated carbocycles. The van der Waals surface area contributed by atoms with Crippen molar-refractivity contribution >= 4 is 11.6 Å². The first kappa shape index (κ1) is 13.1. The van der Waals surface area contributed by atoms with Gasteiger partial charge in [0.15, 0.2) is 0 Å². The van der Waals surface area contributed by atoms with Crippen molar-refractivity contribution in [3.05, 3.63) is 48.3 Å². The molecule has 1 amide bonds. The summed E-state index contributed by atoms with van der Waals surface area (Å²) in [6.07, 6.45) is -1.65. The minimum atomic E-state index is -4.90. The Morgan fingerprint density at radius 3 is 2.63 bits per heavy atom. The number of nitrogens with zero attached hydrogens (tertiary/aromatic N) is 2. The number of nitrogens with one attached hydrogen (secondary N) is 1. The third kappa shape index (κ3) is 3.34. The highest BCUT2D eigenvalue weighted by atomic mass is 19.4. The molecule has 1 heterocycles. The van der Waals surface area contributed by atoms with Crippen LogP contribution in [0.4, 0.5) is 18.9 Å². The quantitative estimate of drug-likeness (QED) is 0.930. The number of rotatable bonds is 3. The van der Waals surface area contributed by atoms with Crippen LogP contribution in [0.3, 0.4) is 0 Å². The van der Waals surface area contributed by atoms with Crippen molar-refractivity contribution in [3.63, 3.8) is 0 Å². The zero-order chi connectivity index (χ0) is 13.9. The van der Waals surface area contributed by atoms with E-state index in [1.54, 1.807) is 41.3 Å². The van der Waals surface area contributed by atoms with Gasteiger partial charge in [0.25, 0.3) is 0 Å². The summed E-state index contributed by atoms with van der Waals surface area (Å²) in [5.41, 5.74) is 0.670. The molecule has 7 heteroatoms. The molecular weight excluding hydrogens is 259 g/mol. The van der Waals surface area contributed by atoms with Crippen LogP contribution >= 0.6 is 0 Å². The van der Waals surface area contributed by atoms with Crippen LogP contribution in [0.15, 0.2) is 42.7 Å². The predicted molar refractivity (Wildman–Crippen MR) is 62.5 cm³/mol. The summed E-state index contributed by atoms with van der Waals surface area (Å²) in [4.78, 5) is 10.9. The normalized spacial score (nSPS) is 11.3. The van der Waals surface area contributed by atoms with Crippen LogP contribution in [0.5, 0.6) is 0 Å². The van der Waals surface area contributed by atoms with E-state index in [0.717, 1.165) is 0 Å². The lowest BCUT2D eigenvalue weighted by Gasteiger charge is -2.12. The maximum Gasteiger partial charge on any atom is 0.471 e. The Morgan fingerprint density at radius 1 is 1.26 bits per heavy atom. The Labute approximate surface area is 106 Å². The van der Waals surface area contributed by atoms with E-state index >= 15 is 0 Å². The molecule has 0 spiro atoms. The number of alkyl halides is 3. The van der Waals surface area contributed by atoms with Gasteiger partial charge in [0.2, 0.25) is 0 Å². The molecule has 0 atom stereocenters. The van der Waals surface area contributed by atoms with Crippen LogP contribution in [0.1, 0.15) is 5.56 Å². The van der Waals surface area contributed by atoms with Crippen LogP contribution in [-0.2, 0) is 11.3 Å². The summed E-state index contributed by atoms with van der Waals surface area (Å²) < 4.78 is 38.2. The van der Waals surface area contributed by atoms with Gasteiger partial charge in [-0.15, -0.1) is 0 Å². The summed E-state index contributed by atoms with van der Waals surface area (Å²) in [5.74, 6) is -1.99. The van der Waals surface area contributed by atoms with Gasteiger partial charge < -0.3 is 5.32 Å². The highest BCUT2D eigenvalue weighted by molar-refractivity contribution is 5.95. The Hall–Kier alpha value is -2.31. The maximum absolute atomic E-state index is 12.2. The highest BCUT2D eigenvalue weighted by Gasteiger charge is 2.38. The zero-order valence-electron chi connectivity index (χ0n) is 9.69. The molecule has 0 radical (unpaired) electrons. The van der Waals surface area contributed by atoms with Crippen molar-refractivity contribution in [1.29, 1.82) is 0 Å². The van der Waals surface area contributed by atoms with Gasteiger partial charge in [0.05, 0.1) is 6.54 Å². The molecule has 2 aromatic rings. The van der Waals surface area contributed by atoms with E-state index in [1.807, 2.05) is 5.32 Å². The van der Waals surface area contributed by atoms with Crippen LogP contribution < -0.4 is 5.32 Å². The van der Waals surface area contributed by atoms with Crippen molar-refractivity contribution < 1.29 is 18.0 Å². The molecule has 2 rings (SSSR count). The van der Waals surface area contributed by atoms with E-state index in [-0.39, 0.29) is 12.2 Å². The van der Waals surface area contributed by atoms with E-state index in [2.05, 4.69) is 5.10 Å². The Bertz CT molecular complexity index is 564. The fraction of sp³-hybridized carbons (Fsp3) is 0.167. The number of anilines is 1. The molecule has 0 aliphatic rings. The Balaban J connectivity index is 2.19. The number of benzene rings is 1. The molecular formula is C12H10F3N3O.